The smallest absolute Gasteiger partial charge is 0.242 e. The molecule has 5 nitrogen and oxygen atoms in total. The van der Waals surface area contributed by atoms with E-state index in [1.165, 1.54) is 17.8 Å². The van der Waals surface area contributed by atoms with E-state index in [1.54, 1.807) is 0 Å². The van der Waals surface area contributed by atoms with Gasteiger partial charge >= 0.3 is 0 Å². The van der Waals surface area contributed by atoms with Crippen molar-refractivity contribution in [2.45, 2.75) is 31.2 Å². The van der Waals surface area contributed by atoms with E-state index in [2.05, 4.69) is 12.2 Å². The SMILES string of the molecule is CC1CCN(C(=O)Cn2cc(SCC(=O)Nc3ccc(F)cc3F)c3ccccc32)CC1. The van der Waals surface area contributed by atoms with Crippen molar-refractivity contribution < 1.29 is 18.4 Å². The second-order valence-corrected chi connectivity index (χ2v) is 9.18. The number of nitrogens with one attached hydrogen (secondary N) is 1. The number of para-hydroxylation sites is 1. The monoisotopic (exact) mass is 457 g/mol. The highest BCUT2D eigenvalue weighted by Crippen LogP contribution is 2.30. The van der Waals surface area contributed by atoms with E-state index in [0.717, 1.165) is 53.9 Å². The van der Waals surface area contributed by atoms with Crippen LogP contribution in [0.4, 0.5) is 14.5 Å². The highest BCUT2D eigenvalue weighted by molar-refractivity contribution is 8.00. The molecule has 32 heavy (non-hydrogen) atoms. The van der Waals surface area contributed by atoms with E-state index < -0.39 is 17.5 Å². The Morgan fingerprint density at radius 1 is 1.12 bits per heavy atom. The Labute approximate surface area is 189 Å². The molecular weight excluding hydrogens is 432 g/mol. The lowest BCUT2D eigenvalue weighted by Crippen LogP contribution is -2.39. The van der Waals surface area contributed by atoms with Crippen LogP contribution in [-0.2, 0) is 16.1 Å². The summed E-state index contributed by atoms with van der Waals surface area (Å²) >= 11 is 1.32. The van der Waals surface area contributed by atoms with Gasteiger partial charge in [0.15, 0.2) is 0 Å². The first-order valence-corrected chi connectivity index (χ1v) is 11.6. The number of hydrogen-bond acceptors (Lipinski definition) is 3. The van der Waals surface area contributed by atoms with Gasteiger partial charge in [-0.1, -0.05) is 25.1 Å². The molecule has 1 fully saturated rings. The number of carbonyl (C=O) groups is 2. The van der Waals surface area contributed by atoms with Crippen molar-refractivity contribution in [3.63, 3.8) is 0 Å². The average Bonchev–Trinajstić information content (AvgIpc) is 3.12. The number of likely N-dealkylation sites (tertiary alicyclic amines) is 1. The van der Waals surface area contributed by atoms with Gasteiger partial charge in [-0.15, -0.1) is 11.8 Å². The van der Waals surface area contributed by atoms with Gasteiger partial charge in [-0.25, -0.2) is 8.78 Å². The third-order valence-corrected chi connectivity index (χ3v) is 6.80. The van der Waals surface area contributed by atoms with Crippen molar-refractivity contribution in [1.82, 2.24) is 9.47 Å². The molecular formula is C24H25F2N3O2S. The number of piperidine rings is 1. The van der Waals surface area contributed by atoms with Crippen LogP contribution >= 0.6 is 11.8 Å². The van der Waals surface area contributed by atoms with Gasteiger partial charge in [0.1, 0.15) is 18.2 Å². The van der Waals surface area contributed by atoms with Crippen LogP contribution in [0.15, 0.2) is 53.6 Å². The Kier molecular flexibility index (Phi) is 6.79. The van der Waals surface area contributed by atoms with Gasteiger partial charge in [0, 0.05) is 41.2 Å². The zero-order valence-corrected chi connectivity index (χ0v) is 18.6. The highest BCUT2D eigenvalue weighted by atomic mass is 32.2. The number of fused-ring (bicyclic) bond motifs is 1. The Morgan fingerprint density at radius 3 is 2.62 bits per heavy atom. The molecule has 3 aromatic rings. The summed E-state index contributed by atoms with van der Waals surface area (Å²) in [6.07, 6.45) is 3.96. The molecule has 0 radical (unpaired) electrons. The van der Waals surface area contributed by atoms with Crippen molar-refractivity contribution in [1.29, 1.82) is 0 Å². The van der Waals surface area contributed by atoms with E-state index in [-0.39, 0.29) is 23.9 Å². The molecule has 2 aromatic carbocycles. The zero-order valence-electron chi connectivity index (χ0n) is 17.8. The minimum absolute atomic E-state index is 0.0547. The van der Waals surface area contributed by atoms with Gasteiger partial charge < -0.3 is 14.8 Å². The third kappa shape index (κ3) is 5.12. The maximum atomic E-state index is 13.8. The summed E-state index contributed by atoms with van der Waals surface area (Å²) in [5, 5.41) is 3.43. The van der Waals surface area contributed by atoms with Crippen LogP contribution in [0.3, 0.4) is 0 Å². The summed E-state index contributed by atoms with van der Waals surface area (Å²) in [7, 11) is 0. The molecule has 0 unspecified atom stereocenters. The first-order chi connectivity index (χ1) is 15.4. The first kappa shape index (κ1) is 22.3. The largest absolute Gasteiger partial charge is 0.341 e. The van der Waals surface area contributed by atoms with Crippen LogP contribution < -0.4 is 5.32 Å². The quantitative estimate of drug-likeness (QED) is 0.535. The van der Waals surface area contributed by atoms with Crippen LogP contribution in [0.5, 0.6) is 0 Å². The number of amides is 2. The van der Waals surface area contributed by atoms with E-state index in [0.29, 0.717) is 5.92 Å². The van der Waals surface area contributed by atoms with Crippen LogP contribution in [-0.4, -0.2) is 40.1 Å². The Balaban J connectivity index is 1.44. The molecule has 8 heteroatoms. The van der Waals surface area contributed by atoms with Gasteiger partial charge in [-0.3, -0.25) is 9.59 Å². The molecule has 0 saturated carbocycles. The van der Waals surface area contributed by atoms with Crippen LogP contribution in [0.1, 0.15) is 19.8 Å². The van der Waals surface area contributed by atoms with Crippen molar-refractivity contribution in [2.75, 3.05) is 24.2 Å². The third-order valence-electron chi connectivity index (χ3n) is 5.76. The number of nitrogens with zero attached hydrogens (tertiary/aromatic N) is 2. The van der Waals surface area contributed by atoms with Gasteiger partial charge in [-0.2, -0.15) is 0 Å². The summed E-state index contributed by atoms with van der Waals surface area (Å²) < 4.78 is 28.8. The minimum atomic E-state index is -0.814. The molecule has 2 heterocycles. The predicted octanol–water partition coefficient (Wildman–Crippen LogP) is 4.91. The van der Waals surface area contributed by atoms with E-state index in [9.17, 15) is 18.4 Å². The number of rotatable bonds is 6. The summed E-state index contributed by atoms with van der Waals surface area (Å²) in [6.45, 7) is 4.05. The molecule has 0 aliphatic carbocycles. The number of carbonyl (C=O) groups excluding carboxylic acids is 2. The number of aromatic nitrogens is 1. The normalized spacial score (nSPS) is 14.7. The summed E-state index contributed by atoms with van der Waals surface area (Å²) in [6, 6.07) is 10.8. The van der Waals surface area contributed by atoms with Gasteiger partial charge in [-0.05, 0) is 37.0 Å². The molecule has 0 spiro atoms. The molecule has 1 aromatic heterocycles. The Hall–Kier alpha value is -2.87. The molecule has 1 aliphatic rings. The number of anilines is 1. The van der Waals surface area contributed by atoms with Crippen LogP contribution in [0, 0.1) is 17.6 Å². The number of halogens is 2. The zero-order chi connectivity index (χ0) is 22.7. The molecule has 0 atom stereocenters. The standard InChI is InChI=1S/C24H25F2N3O2S/c1-16-8-10-28(11-9-16)24(31)14-29-13-22(18-4-2-3-5-21(18)29)32-15-23(30)27-20-7-6-17(25)12-19(20)26/h2-7,12-13,16H,8-11,14-15H2,1H3,(H,27,30). The lowest BCUT2D eigenvalue weighted by Gasteiger charge is -2.30. The summed E-state index contributed by atoms with van der Waals surface area (Å²) in [5.41, 5.74) is 0.875. The van der Waals surface area contributed by atoms with E-state index >= 15 is 0 Å². The van der Waals surface area contributed by atoms with Crippen molar-refractivity contribution in [2.24, 2.45) is 5.92 Å². The molecule has 1 aliphatic heterocycles. The lowest BCUT2D eigenvalue weighted by atomic mass is 9.99. The van der Waals surface area contributed by atoms with Gasteiger partial charge in [0.05, 0.1) is 11.4 Å². The Morgan fingerprint density at radius 2 is 1.88 bits per heavy atom. The molecule has 4 rings (SSSR count). The number of benzene rings is 2. The fourth-order valence-corrected chi connectivity index (χ4v) is 4.77. The topological polar surface area (TPSA) is 54.3 Å². The fraction of sp³-hybridized carbons (Fsp3) is 0.333. The van der Waals surface area contributed by atoms with Crippen LogP contribution in [0.2, 0.25) is 0 Å². The maximum Gasteiger partial charge on any atom is 0.242 e. The van der Waals surface area contributed by atoms with Crippen molar-refractivity contribution >= 4 is 40.2 Å². The average molecular weight is 458 g/mol. The second kappa shape index (κ2) is 9.73. The molecule has 0 bridgehead atoms. The van der Waals surface area contributed by atoms with Crippen LogP contribution in [0.25, 0.3) is 10.9 Å². The van der Waals surface area contributed by atoms with E-state index in [4.69, 9.17) is 0 Å². The Bertz CT molecular complexity index is 1140. The minimum Gasteiger partial charge on any atom is -0.341 e. The number of hydrogen-bond donors (Lipinski definition) is 1. The van der Waals surface area contributed by atoms with Gasteiger partial charge in [0.2, 0.25) is 11.8 Å². The van der Waals surface area contributed by atoms with E-state index in [1.807, 2.05) is 39.9 Å². The molecule has 1 saturated heterocycles. The lowest BCUT2D eigenvalue weighted by molar-refractivity contribution is -0.133. The first-order valence-electron chi connectivity index (χ1n) is 10.6. The van der Waals surface area contributed by atoms with Crippen molar-refractivity contribution in [3.05, 3.63) is 60.3 Å². The fourth-order valence-electron chi connectivity index (χ4n) is 3.88. The second-order valence-electron chi connectivity index (χ2n) is 8.16. The molecule has 2 amide bonds. The highest BCUT2D eigenvalue weighted by Gasteiger charge is 2.21. The predicted molar refractivity (Wildman–Crippen MR) is 123 cm³/mol. The summed E-state index contributed by atoms with van der Waals surface area (Å²) in [4.78, 5) is 27.9. The maximum absolute atomic E-state index is 13.8. The summed E-state index contributed by atoms with van der Waals surface area (Å²) in [5.74, 6) is -1.09. The molecule has 1 N–H and O–H groups in total. The number of thioether (sulfide) groups is 1. The van der Waals surface area contributed by atoms with Crippen molar-refractivity contribution in [3.8, 4) is 0 Å². The molecule has 168 valence electrons. The van der Waals surface area contributed by atoms with Gasteiger partial charge in [0.25, 0.3) is 0 Å².